The van der Waals surface area contributed by atoms with E-state index in [2.05, 4.69) is 36.7 Å². The second-order valence-electron chi connectivity index (χ2n) is 8.96. The maximum atomic E-state index is 12.6. The molecular weight excluding hydrogens is 420 g/mol. The molecule has 8 heteroatoms. The Hall–Kier alpha value is -2.87. The van der Waals surface area contributed by atoms with E-state index in [4.69, 9.17) is 9.26 Å². The van der Waals surface area contributed by atoms with Gasteiger partial charge in [0.2, 0.25) is 5.91 Å². The molecule has 0 N–H and O–H groups in total. The van der Waals surface area contributed by atoms with Crippen molar-refractivity contribution >= 4 is 12.0 Å². The number of rotatable bonds is 8. The Kier molecular flexibility index (Phi) is 9.46. The molecule has 2 amide bonds. The molecule has 0 radical (unpaired) electrons. The summed E-state index contributed by atoms with van der Waals surface area (Å²) >= 11 is 0. The molecule has 2 heterocycles. The van der Waals surface area contributed by atoms with Gasteiger partial charge in [0.1, 0.15) is 5.76 Å². The standard InChI is InChI=1S/C25H38N4O4/c1-9-22(15-27(8)16-23-13-19(5)33-26-23)11-10-12-24-20(6)28(25(31)32-17(2)3)14-18(4)29(24)21(7)30/h10-13,17-18,22H,6,9,14-16H2,1-5,7-8H3/b11-10+,24-12+/t18-,22?/m0/s1. The highest BCUT2D eigenvalue weighted by Gasteiger charge is 2.35. The number of hydrogen-bond donors (Lipinski definition) is 0. The fourth-order valence-corrected chi connectivity index (χ4v) is 3.94. The van der Waals surface area contributed by atoms with Crippen molar-refractivity contribution in [3.8, 4) is 0 Å². The molecule has 0 aromatic carbocycles. The first-order valence-electron chi connectivity index (χ1n) is 11.5. The van der Waals surface area contributed by atoms with Crippen LogP contribution in [0.1, 0.15) is 52.5 Å². The molecule has 1 saturated heterocycles. The van der Waals surface area contributed by atoms with Crippen LogP contribution in [0.15, 0.2) is 46.8 Å². The molecule has 2 rings (SSSR count). The molecule has 182 valence electrons. The van der Waals surface area contributed by atoms with Crippen LogP contribution >= 0.6 is 0 Å². The van der Waals surface area contributed by atoms with Gasteiger partial charge in [-0.1, -0.05) is 30.8 Å². The molecule has 1 aliphatic rings. The van der Waals surface area contributed by atoms with E-state index < -0.39 is 6.09 Å². The summed E-state index contributed by atoms with van der Waals surface area (Å²) in [6.07, 6.45) is 6.21. The lowest BCUT2D eigenvalue weighted by Crippen LogP contribution is -2.52. The van der Waals surface area contributed by atoms with Gasteiger partial charge >= 0.3 is 6.09 Å². The lowest BCUT2D eigenvalue weighted by molar-refractivity contribution is -0.129. The second-order valence-corrected chi connectivity index (χ2v) is 8.96. The van der Waals surface area contributed by atoms with Crippen molar-refractivity contribution in [2.24, 2.45) is 5.92 Å². The lowest BCUT2D eigenvalue weighted by Gasteiger charge is -2.42. The second kappa shape index (κ2) is 11.8. The van der Waals surface area contributed by atoms with E-state index in [1.807, 2.05) is 32.1 Å². The number of nitrogens with zero attached hydrogens (tertiary/aromatic N) is 4. The lowest BCUT2D eigenvalue weighted by atomic mass is 10.0. The van der Waals surface area contributed by atoms with E-state index in [0.29, 0.717) is 30.4 Å². The van der Waals surface area contributed by atoms with Crippen LogP contribution in [0.5, 0.6) is 0 Å². The number of carbonyl (C=O) groups excluding carboxylic acids is 2. The van der Waals surface area contributed by atoms with Crippen LogP contribution in [0.3, 0.4) is 0 Å². The smallest absolute Gasteiger partial charge is 0.414 e. The highest BCUT2D eigenvalue weighted by atomic mass is 16.6. The van der Waals surface area contributed by atoms with Crippen LogP contribution in [0, 0.1) is 12.8 Å². The molecular formula is C25H38N4O4. The summed E-state index contributed by atoms with van der Waals surface area (Å²) in [5.74, 6) is 1.03. The van der Waals surface area contributed by atoms with E-state index in [0.717, 1.165) is 24.4 Å². The van der Waals surface area contributed by atoms with Crippen molar-refractivity contribution in [3.63, 3.8) is 0 Å². The van der Waals surface area contributed by atoms with Crippen LogP contribution in [-0.4, -0.2) is 64.1 Å². The molecule has 33 heavy (non-hydrogen) atoms. The first-order valence-corrected chi connectivity index (χ1v) is 11.5. The van der Waals surface area contributed by atoms with Gasteiger partial charge in [0.05, 0.1) is 29.2 Å². The van der Waals surface area contributed by atoms with E-state index in [1.54, 1.807) is 18.7 Å². The largest absolute Gasteiger partial charge is 0.446 e. The summed E-state index contributed by atoms with van der Waals surface area (Å²) in [4.78, 5) is 30.3. The van der Waals surface area contributed by atoms with Gasteiger partial charge in [-0.15, -0.1) is 0 Å². The van der Waals surface area contributed by atoms with Gasteiger partial charge in [0.15, 0.2) is 0 Å². The van der Waals surface area contributed by atoms with Gasteiger partial charge in [-0.3, -0.25) is 14.6 Å². The van der Waals surface area contributed by atoms with Crippen LogP contribution in [0.2, 0.25) is 0 Å². The number of carbonyl (C=O) groups is 2. The molecule has 1 aromatic rings. The molecule has 1 unspecified atom stereocenters. The fourth-order valence-electron chi connectivity index (χ4n) is 3.94. The number of aryl methyl sites for hydroxylation is 1. The van der Waals surface area contributed by atoms with Crippen molar-refractivity contribution in [1.29, 1.82) is 0 Å². The summed E-state index contributed by atoms with van der Waals surface area (Å²) in [5, 5.41) is 4.06. The van der Waals surface area contributed by atoms with Crippen molar-refractivity contribution in [1.82, 2.24) is 19.9 Å². The van der Waals surface area contributed by atoms with Crippen LogP contribution in [0.4, 0.5) is 4.79 Å². The summed E-state index contributed by atoms with van der Waals surface area (Å²) in [7, 11) is 2.05. The minimum atomic E-state index is -0.448. The average molecular weight is 459 g/mol. The van der Waals surface area contributed by atoms with E-state index in [-0.39, 0.29) is 18.1 Å². The normalized spacial score (nSPS) is 19.2. The van der Waals surface area contributed by atoms with Gasteiger partial charge < -0.3 is 14.2 Å². The van der Waals surface area contributed by atoms with Crippen molar-refractivity contribution in [3.05, 3.63) is 53.7 Å². The van der Waals surface area contributed by atoms with Crippen LogP contribution in [0.25, 0.3) is 0 Å². The predicted octanol–water partition coefficient (Wildman–Crippen LogP) is 4.49. The SMILES string of the molecule is C=C1/C(=C\C=C\C(CC)CN(C)Cc2cc(C)on2)N(C(C)=O)[C@@H](C)CN1C(=O)OC(C)C. The zero-order chi connectivity index (χ0) is 24.7. The Labute approximate surface area is 197 Å². The quantitative estimate of drug-likeness (QED) is 0.571. The van der Waals surface area contributed by atoms with Crippen molar-refractivity contribution in [2.75, 3.05) is 20.1 Å². The van der Waals surface area contributed by atoms with E-state index in [1.165, 1.54) is 11.8 Å². The summed E-state index contributed by atoms with van der Waals surface area (Å²) in [6.45, 7) is 17.1. The number of aromatic nitrogens is 1. The fraction of sp³-hybridized carbons (Fsp3) is 0.560. The molecule has 1 aliphatic heterocycles. The Morgan fingerprint density at radius 3 is 2.67 bits per heavy atom. The van der Waals surface area contributed by atoms with Gasteiger partial charge in [0.25, 0.3) is 0 Å². The van der Waals surface area contributed by atoms with Gasteiger partial charge in [0, 0.05) is 32.6 Å². The molecule has 0 spiro atoms. The van der Waals surface area contributed by atoms with Crippen LogP contribution in [-0.2, 0) is 16.1 Å². The number of hydrogen-bond acceptors (Lipinski definition) is 6. The molecule has 1 aromatic heterocycles. The summed E-state index contributed by atoms with van der Waals surface area (Å²) < 4.78 is 10.5. The summed E-state index contributed by atoms with van der Waals surface area (Å²) in [6, 6.07) is 1.76. The van der Waals surface area contributed by atoms with Crippen LogP contribution < -0.4 is 0 Å². The Balaban J connectivity index is 2.15. The Morgan fingerprint density at radius 1 is 1.42 bits per heavy atom. The minimum Gasteiger partial charge on any atom is -0.446 e. The monoisotopic (exact) mass is 458 g/mol. The third-order valence-electron chi connectivity index (χ3n) is 5.48. The highest BCUT2D eigenvalue weighted by Crippen LogP contribution is 2.28. The first kappa shape index (κ1) is 26.4. The number of allylic oxidation sites excluding steroid dienone is 2. The molecule has 0 bridgehead atoms. The van der Waals surface area contributed by atoms with Crippen molar-refractivity contribution < 1.29 is 18.8 Å². The summed E-state index contributed by atoms with van der Waals surface area (Å²) in [5.41, 5.74) is 1.98. The predicted molar refractivity (Wildman–Crippen MR) is 128 cm³/mol. The molecule has 1 fully saturated rings. The average Bonchev–Trinajstić information content (AvgIpc) is 3.12. The number of ether oxygens (including phenoxy) is 1. The molecule has 2 atom stereocenters. The third-order valence-corrected chi connectivity index (χ3v) is 5.48. The zero-order valence-electron chi connectivity index (χ0n) is 21.0. The minimum absolute atomic E-state index is 0.0881. The van der Waals surface area contributed by atoms with Gasteiger partial charge in [-0.25, -0.2) is 4.79 Å². The first-order chi connectivity index (χ1) is 15.5. The number of amides is 2. The van der Waals surface area contributed by atoms with Gasteiger partial charge in [-0.05, 0) is 53.2 Å². The highest BCUT2D eigenvalue weighted by molar-refractivity contribution is 5.79. The maximum absolute atomic E-state index is 12.6. The maximum Gasteiger partial charge on any atom is 0.414 e. The molecule has 0 saturated carbocycles. The molecule has 8 nitrogen and oxygen atoms in total. The Bertz CT molecular complexity index is 902. The van der Waals surface area contributed by atoms with E-state index in [9.17, 15) is 9.59 Å². The number of piperazine rings is 1. The van der Waals surface area contributed by atoms with E-state index >= 15 is 0 Å². The zero-order valence-corrected chi connectivity index (χ0v) is 21.0. The third kappa shape index (κ3) is 7.32. The molecule has 0 aliphatic carbocycles. The topological polar surface area (TPSA) is 79.1 Å². The Morgan fingerprint density at radius 2 is 2.12 bits per heavy atom. The van der Waals surface area contributed by atoms with Gasteiger partial charge in [-0.2, -0.15) is 0 Å². The van der Waals surface area contributed by atoms with Crippen molar-refractivity contribution in [2.45, 2.75) is 66.7 Å².